The Balaban J connectivity index is 2.33. The first-order valence-electron chi connectivity index (χ1n) is 6.26. The third kappa shape index (κ3) is 4.09. The number of hydrogen-bond acceptors (Lipinski definition) is 3. The molecule has 0 bridgehead atoms. The van der Waals surface area contributed by atoms with Crippen molar-refractivity contribution >= 4 is 0 Å². The zero-order chi connectivity index (χ0) is 11.3. The monoisotopic (exact) mass is 213 g/mol. The van der Waals surface area contributed by atoms with Gasteiger partial charge in [-0.15, -0.1) is 0 Å². The quantitative estimate of drug-likeness (QED) is 0.735. The summed E-state index contributed by atoms with van der Waals surface area (Å²) in [5, 5.41) is 3.42. The first-order valence-corrected chi connectivity index (χ1v) is 6.26. The van der Waals surface area contributed by atoms with Gasteiger partial charge in [-0.25, -0.2) is 0 Å². The van der Waals surface area contributed by atoms with Crippen molar-refractivity contribution in [2.75, 3.05) is 40.3 Å². The predicted octanol–water partition coefficient (Wildman–Crippen LogP) is 1.01. The molecule has 0 aromatic carbocycles. The van der Waals surface area contributed by atoms with Crippen LogP contribution in [0.5, 0.6) is 0 Å². The molecule has 1 aliphatic rings. The Morgan fingerprint density at radius 1 is 1.53 bits per heavy atom. The maximum absolute atomic E-state index is 3.42. The fourth-order valence-electron chi connectivity index (χ4n) is 2.33. The van der Waals surface area contributed by atoms with Gasteiger partial charge in [-0.3, -0.25) is 4.90 Å². The lowest BCUT2D eigenvalue weighted by Crippen LogP contribution is -2.50. The van der Waals surface area contributed by atoms with Crippen LogP contribution in [0, 0.1) is 0 Å². The minimum atomic E-state index is 0.640. The second kappa shape index (κ2) is 6.46. The van der Waals surface area contributed by atoms with Crippen LogP contribution in [-0.4, -0.2) is 62.2 Å². The smallest absolute Gasteiger partial charge is 0.0223 e. The van der Waals surface area contributed by atoms with Crippen LogP contribution < -0.4 is 5.32 Å². The molecule has 0 aromatic heterocycles. The van der Waals surface area contributed by atoms with Crippen molar-refractivity contribution in [2.24, 2.45) is 0 Å². The van der Waals surface area contributed by atoms with Gasteiger partial charge < -0.3 is 10.2 Å². The van der Waals surface area contributed by atoms with Crippen molar-refractivity contribution in [1.29, 1.82) is 0 Å². The Bertz CT molecular complexity index is 172. The largest absolute Gasteiger partial charge is 0.315 e. The van der Waals surface area contributed by atoms with Crippen molar-refractivity contribution in [2.45, 2.75) is 38.8 Å². The highest BCUT2D eigenvalue weighted by Crippen LogP contribution is 2.15. The molecule has 0 aliphatic carbocycles. The van der Waals surface area contributed by atoms with Crippen LogP contribution >= 0.6 is 0 Å². The molecule has 3 heteroatoms. The Labute approximate surface area is 94.8 Å². The van der Waals surface area contributed by atoms with Crippen molar-refractivity contribution < 1.29 is 0 Å². The highest BCUT2D eigenvalue weighted by Gasteiger charge is 2.23. The molecule has 0 spiro atoms. The fourth-order valence-corrected chi connectivity index (χ4v) is 2.33. The minimum absolute atomic E-state index is 0.640. The van der Waals surface area contributed by atoms with Gasteiger partial charge in [0.15, 0.2) is 0 Å². The molecule has 1 fully saturated rings. The summed E-state index contributed by atoms with van der Waals surface area (Å²) >= 11 is 0. The molecule has 0 saturated carbocycles. The molecule has 3 nitrogen and oxygen atoms in total. The summed E-state index contributed by atoms with van der Waals surface area (Å²) in [6.45, 7) is 9.16. The average molecular weight is 213 g/mol. The Morgan fingerprint density at radius 3 is 2.87 bits per heavy atom. The molecule has 1 saturated heterocycles. The fraction of sp³-hybridized carbons (Fsp3) is 1.00. The van der Waals surface area contributed by atoms with Crippen LogP contribution in [0.3, 0.4) is 0 Å². The molecule has 1 rings (SSSR count). The summed E-state index contributed by atoms with van der Waals surface area (Å²) in [5.74, 6) is 0. The van der Waals surface area contributed by atoms with Crippen LogP contribution in [0.1, 0.15) is 26.7 Å². The minimum Gasteiger partial charge on any atom is -0.315 e. The average Bonchev–Trinajstić information content (AvgIpc) is 2.24. The van der Waals surface area contributed by atoms with E-state index in [1.807, 2.05) is 0 Å². The number of hydrogen-bond donors (Lipinski definition) is 1. The molecule has 2 unspecified atom stereocenters. The third-order valence-corrected chi connectivity index (χ3v) is 3.56. The van der Waals surface area contributed by atoms with Gasteiger partial charge in [-0.2, -0.15) is 0 Å². The van der Waals surface area contributed by atoms with Gasteiger partial charge in [0, 0.05) is 25.2 Å². The summed E-state index contributed by atoms with van der Waals surface area (Å²) in [5.41, 5.74) is 0. The molecular formula is C12H27N3. The molecule has 0 radical (unpaired) electrons. The summed E-state index contributed by atoms with van der Waals surface area (Å²) in [4.78, 5) is 4.99. The maximum atomic E-state index is 3.42. The van der Waals surface area contributed by atoms with Crippen LogP contribution in [0.4, 0.5) is 0 Å². The standard InChI is InChI=1S/C12H27N3/c1-5-13-9-11(2)15(4)12-7-6-8-14(3)10-12/h11-13H,5-10H2,1-4H3. The highest BCUT2D eigenvalue weighted by atomic mass is 15.2. The summed E-state index contributed by atoms with van der Waals surface area (Å²) < 4.78 is 0. The Morgan fingerprint density at radius 2 is 2.27 bits per heavy atom. The molecule has 1 N–H and O–H groups in total. The number of rotatable bonds is 5. The van der Waals surface area contributed by atoms with E-state index in [2.05, 4.69) is 43.1 Å². The zero-order valence-corrected chi connectivity index (χ0v) is 10.8. The van der Waals surface area contributed by atoms with Crippen LogP contribution in [0.25, 0.3) is 0 Å². The molecular weight excluding hydrogens is 186 g/mol. The third-order valence-electron chi connectivity index (χ3n) is 3.56. The number of likely N-dealkylation sites (N-methyl/N-ethyl adjacent to an activating group) is 3. The predicted molar refractivity (Wildman–Crippen MR) is 66.3 cm³/mol. The van der Waals surface area contributed by atoms with Gasteiger partial charge in [-0.05, 0) is 47.0 Å². The highest BCUT2D eigenvalue weighted by molar-refractivity contribution is 4.81. The molecule has 0 amide bonds. The summed E-state index contributed by atoms with van der Waals surface area (Å²) in [6.07, 6.45) is 2.71. The normalized spacial score (nSPS) is 25.8. The van der Waals surface area contributed by atoms with Crippen molar-refractivity contribution in [3.8, 4) is 0 Å². The lowest BCUT2D eigenvalue weighted by Gasteiger charge is -2.39. The Hall–Kier alpha value is -0.120. The van der Waals surface area contributed by atoms with E-state index in [9.17, 15) is 0 Å². The number of nitrogens with one attached hydrogen (secondary N) is 1. The summed E-state index contributed by atoms with van der Waals surface area (Å²) in [6, 6.07) is 1.39. The van der Waals surface area contributed by atoms with E-state index < -0.39 is 0 Å². The zero-order valence-electron chi connectivity index (χ0n) is 10.8. The molecule has 1 heterocycles. The van der Waals surface area contributed by atoms with Crippen LogP contribution in [0.15, 0.2) is 0 Å². The summed E-state index contributed by atoms with van der Waals surface area (Å²) in [7, 11) is 4.50. The second-order valence-corrected chi connectivity index (χ2v) is 4.88. The van der Waals surface area contributed by atoms with E-state index in [-0.39, 0.29) is 0 Å². The van der Waals surface area contributed by atoms with E-state index >= 15 is 0 Å². The first-order chi connectivity index (χ1) is 7.15. The number of piperidine rings is 1. The molecule has 90 valence electrons. The molecule has 15 heavy (non-hydrogen) atoms. The van der Waals surface area contributed by atoms with Gasteiger partial charge in [-0.1, -0.05) is 6.92 Å². The topological polar surface area (TPSA) is 18.5 Å². The Kier molecular flexibility index (Phi) is 5.58. The van der Waals surface area contributed by atoms with E-state index in [1.54, 1.807) is 0 Å². The second-order valence-electron chi connectivity index (χ2n) is 4.88. The lowest BCUT2D eigenvalue weighted by molar-refractivity contribution is 0.104. The van der Waals surface area contributed by atoms with Crippen molar-refractivity contribution in [3.63, 3.8) is 0 Å². The first kappa shape index (κ1) is 12.9. The lowest BCUT2D eigenvalue weighted by atomic mass is 10.0. The number of likely N-dealkylation sites (tertiary alicyclic amines) is 1. The van der Waals surface area contributed by atoms with E-state index in [4.69, 9.17) is 0 Å². The van der Waals surface area contributed by atoms with Crippen molar-refractivity contribution in [3.05, 3.63) is 0 Å². The van der Waals surface area contributed by atoms with Crippen molar-refractivity contribution in [1.82, 2.24) is 15.1 Å². The van der Waals surface area contributed by atoms with Gasteiger partial charge in [0.05, 0.1) is 0 Å². The molecule has 0 aromatic rings. The van der Waals surface area contributed by atoms with Gasteiger partial charge in [0.1, 0.15) is 0 Å². The van der Waals surface area contributed by atoms with E-state index in [0.717, 1.165) is 19.1 Å². The number of nitrogens with zero attached hydrogens (tertiary/aromatic N) is 2. The van der Waals surface area contributed by atoms with Gasteiger partial charge in [0.2, 0.25) is 0 Å². The molecule has 2 atom stereocenters. The van der Waals surface area contributed by atoms with Crippen LogP contribution in [-0.2, 0) is 0 Å². The van der Waals surface area contributed by atoms with E-state index in [0.29, 0.717) is 6.04 Å². The maximum Gasteiger partial charge on any atom is 0.0223 e. The van der Waals surface area contributed by atoms with Crippen LogP contribution in [0.2, 0.25) is 0 Å². The van der Waals surface area contributed by atoms with Gasteiger partial charge >= 0.3 is 0 Å². The van der Waals surface area contributed by atoms with E-state index in [1.165, 1.54) is 25.9 Å². The SMILES string of the molecule is CCNCC(C)N(C)C1CCCN(C)C1. The molecule has 1 aliphatic heterocycles. The van der Waals surface area contributed by atoms with Gasteiger partial charge in [0.25, 0.3) is 0 Å².